The number of rotatable bonds is 3. The summed E-state index contributed by atoms with van der Waals surface area (Å²) in [5.74, 6) is 0. The number of nitriles is 1. The number of fused-ring (bicyclic) bond motifs is 1. The molecule has 1 fully saturated rings. The third-order valence-electron chi connectivity index (χ3n) is 5.97. The molecule has 1 aliphatic heterocycles. The molecule has 0 radical (unpaired) electrons. The SMILES string of the molecule is CC(C)(C)[N+]1(CCn2c(=O)ccc3ccc(C#N)cc32)CCCCC1. The van der Waals surface area contributed by atoms with E-state index in [0.717, 1.165) is 21.9 Å². The quantitative estimate of drug-likeness (QED) is 0.802. The van der Waals surface area contributed by atoms with Crippen molar-refractivity contribution in [3.8, 4) is 6.07 Å². The van der Waals surface area contributed by atoms with Crippen LogP contribution in [0.15, 0.2) is 35.1 Å². The molecular weight excluding hydrogens is 310 g/mol. The van der Waals surface area contributed by atoms with E-state index in [0.29, 0.717) is 12.1 Å². The summed E-state index contributed by atoms with van der Waals surface area (Å²) in [5, 5.41) is 10.2. The molecule has 25 heavy (non-hydrogen) atoms. The van der Waals surface area contributed by atoms with Gasteiger partial charge in [-0.2, -0.15) is 5.26 Å². The van der Waals surface area contributed by atoms with Gasteiger partial charge in [-0.1, -0.05) is 6.07 Å². The number of benzene rings is 1. The summed E-state index contributed by atoms with van der Waals surface area (Å²) in [5.41, 5.74) is 1.67. The smallest absolute Gasteiger partial charge is 0.251 e. The third-order valence-corrected chi connectivity index (χ3v) is 5.97. The molecule has 1 aromatic carbocycles. The van der Waals surface area contributed by atoms with E-state index in [4.69, 9.17) is 0 Å². The number of pyridine rings is 1. The maximum Gasteiger partial charge on any atom is 0.251 e. The van der Waals surface area contributed by atoms with Gasteiger partial charge in [0, 0.05) is 6.07 Å². The lowest BCUT2D eigenvalue weighted by atomic mass is 9.95. The first-order valence-electron chi connectivity index (χ1n) is 9.26. The highest BCUT2D eigenvalue weighted by Gasteiger charge is 2.40. The predicted octanol–water partition coefficient (Wildman–Crippen LogP) is 3.67. The van der Waals surface area contributed by atoms with Crippen LogP contribution in [0.5, 0.6) is 0 Å². The second-order valence-corrected chi connectivity index (χ2v) is 8.26. The highest BCUT2D eigenvalue weighted by molar-refractivity contribution is 5.80. The van der Waals surface area contributed by atoms with Gasteiger partial charge in [-0.3, -0.25) is 4.79 Å². The van der Waals surface area contributed by atoms with Crippen molar-refractivity contribution in [3.63, 3.8) is 0 Å². The molecule has 3 rings (SSSR count). The van der Waals surface area contributed by atoms with Gasteiger partial charge in [-0.05, 0) is 63.6 Å². The minimum absolute atomic E-state index is 0.0201. The Morgan fingerprint density at radius 3 is 2.44 bits per heavy atom. The molecule has 4 nitrogen and oxygen atoms in total. The van der Waals surface area contributed by atoms with Gasteiger partial charge in [0.1, 0.15) is 0 Å². The van der Waals surface area contributed by atoms with Crippen molar-refractivity contribution >= 4 is 10.9 Å². The van der Waals surface area contributed by atoms with Gasteiger partial charge in [0.2, 0.25) is 0 Å². The van der Waals surface area contributed by atoms with Gasteiger partial charge < -0.3 is 9.05 Å². The molecule has 0 atom stereocenters. The van der Waals surface area contributed by atoms with Crippen molar-refractivity contribution in [2.75, 3.05) is 19.6 Å². The molecule has 2 aromatic rings. The number of hydrogen-bond acceptors (Lipinski definition) is 2. The second-order valence-electron chi connectivity index (χ2n) is 8.26. The summed E-state index contributed by atoms with van der Waals surface area (Å²) in [7, 11) is 0. The molecule has 2 heterocycles. The van der Waals surface area contributed by atoms with E-state index in [1.54, 1.807) is 6.07 Å². The molecule has 1 saturated heterocycles. The Kier molecular flexibility index (Phi) is 4.71. The highest BCUT2D eigenvalue weighted by atomic mass is 16.1. The Morgan fingerprint density at radius 1 is 1.12 bits per heavy atom. The molecule has 1 aliphatic rings. The van der Waals surface area contributed by atoms with E-state index < -0.39 is 0 Å². The molecule has 0 N–H and O–H groups in total. The number of piperidine rings is 1. The van der Waals surface area contributed by atoms with Crippen LogP contribution in [0.25, 0.3) is 10.9 Å². The van der Waals surface area contributed by atoms with E-state index in [-0.39, 0.29) is 11.1 Å². The summed E-state index contributed by atoms with van der Waals surface area (Å²) in [6.45, 7) is 11.0. The Balaban J connectivity index is 1.98. The van der Waals surface area contributed by atoms with E-state index in [2.05, 4.69) is 26.8 Å². The van der Waals surface area contributed by atoms with Crippen molar-refractivity contribution in [2.45, 2.75) is 52.1 Å². The Labute approximate surface area is 149 Å². The molecule has 0 saturated carbocycles. The van der Waals surface area contributed by atoms with Crippen LogP contribution >= 0.6 is 0 Å². The van der Waals surface area contributed by atoms with E-state index in [1.807, 2.05) is 28.8 Å². The first-order chi connectivity index (χ1) is 11.9. The fraction of sp³-hybridized carbons (Fsp3) is 0.524. The summed E-state index contributed by atoms with van der Waals surface area (Å²) in [4.78, 5) is 12.5. The van der Waals surface area contributed by atoms with Crippen LogP contribution in [0, 0.1) is 11.3 Å². The van der Waals surface area contributed by atoms with Crippen LogP contribution in [0.1, 0.15) is 45.6 Å². The van der Waals surface area contributed by atoms with Crippen LogP contribution in [-0.4, -0.2) is 34.2 Å². The topological polar surface area (TPSA) is 45.8 Å². The minimum atomic E-state index is 0.0201. The second kappa shape index (κ2) is 6.65. The number of aromatic nitrogens is 1. The molecule has 1 aromatic heterocycles. The minimum Gasteiger partial charge on any atom is -0.318 e. The number of nitrogens with zero attached hydrogens (tertiary/aromatic N) is 3. The summed E-state index contributed by atoms with van der Waals surface area (Å²) < 4.78 is 2.92. The van der Waals surface area contributed by atoms with Crippen LogP contribution in [0.3, 0.4) is 0 Å². The Morgan fingerprint density at radius 2 is 1.80 bits per heavy atom. The Bertz CT molecular complexity index is 861. The summed E-state index contributed by atoms with van der Waals surface area (Å²) in [6, 6.07) is 11.3. The van der Waals surface area contributed by atoms with Crippen LogP contribution < -0.4 is 5.56 Å². The number of quaternary nitrogens is 1. The summed E-state index contributed by atoms with van der Waals surface area (Å²) >= 11 is 0. The maximum absolute atomic E-state index is 12.5. The lowest BCUT2D eigenvalue weighted by molar-refractivity contribution is -0.975. The zero-order valence-corrected chi connectivity index (χ0v) is 15.6. The molecule has 132 valence electrons. The van der Waals surface area contributed by atoms with E-state index >= 15 is 0 Å². The van der Waals surface area contributed by atoms with Gasteiger partial charge in [0.05, 0.1) is 48.9 Å². The number of hydrogen-bond donors (Lipinski definition) is 0. The zero-order chi connectivity index (χ0) is 18.1. The van der Waals surface area contributed by atoms with Crippen molar-refractivity contribution in [3.05, 3.63) is 46.2 Å². The van der Waals surface area contributed by atoms with Gasteiger partial charge in [-0.15, -0.1) is 0 Å². The molecule has 0 spiro atoms. The Hall–Kier alpha value is -2.12. The molecule has 4 heteroatoms. The average Bonchev–Trinajstić information content (AvgIpc) is 2.60. The van der Waals surface area contributed by atoms with E-state index in [9.17, 15) is 10.1 Å². The van der Waals surface area contributed by atoms with Crippen LogP contribution in [0.4, 0.5) is 0 Å². The lowest BCUT2D eigenvalue weighted by Gasteiger charge is -2.51. The van der Waals surface area contributed by atoms with Crippen molar-refractivity contribution in [1.29, 1.82) is 5.26 Å². The van der Waals surface area contributed by atoms with Crippen LogP contribution in [-0.2, 0) is 6.54 Å². The largest absolute Gasteiger partial charge is 0.318 e. The fourth-order valence-corrected chi connectivity index (χ4v) is 4.23. The maximum atomic E-state index is 12.5. The normalized spacial score (nSPS) is 17.4. The third kappa shape index (κ3) is 3.34. The summed E-state index contributed by atoms with van der Waals surface area (Å²) in [6.07, 6.45) is 3.84. The molecular formula is C21H28N3O+. The van der Waals surface area contributed by atoms with Crippen molar-refractivity contribution in [1.82, 2.24) is 4.57 Å². The number of likely N-dealkylation sites (tertiary alicyclic amines) is 1. The van der Waals surface area contributed by atoms with E-state index in [1.165, 1.54) is 32.4 Å². The van der Waals surface area contributed by atoms with Crippen molar-refractivity contribution < 1.29 is 4.48 Å². The first kappa shape index (κ1) is 17.7. The fourth-order valence-electron chi connectivity index (χ4n) is 4.23. The van der Waals surface area contributed by atoms with Gasteiger partial charge >= 0.3 is 0 Å². The van der Waals surface area contributed by atoms with Gasteiger partial charge in [0.15, 0.2) is 0 Å². The zero-order valence-electron chi connectivity index (χ0n) is 15.6. The standard InChI is InChI=1S/C21H28N3O/c1-21(2,3)24(12-5-4-6-13-24)14-11-23-19-15-17(16-22)7-8-18(19)9-10-20(23)25/h7-10,15H,4-6,11-14H2,1-3H3/q+1. The van der Waals surface area contributed by atoms with Crippen molar-refractivity contribution in [2.24, 2.45) is 0 Å². The van der Waals surface area contributed by atoms with Gasteiger partial charge in [-0.25, -0.2) is 0 Å². The molecule has 0 aliphatic carbocycles. The molecule has 0 unspecified atom stereocenters. The highest BCUT2D eigenvalue weighted by Crippen LogP contribution is 2.30. The van der Waals surface area contributed by atoms with Crippen LogP contribution in [0.2, 0.25) is 0 Å². The van der Waals surface area contributed by atoms with Gasteiger partial charge in [0.25, 0.3) is 5.56 Å². The molecule has 0 amide bonds. The first-order valence-corrected chi connectivity index (χ1v) is 9.26. The average molecular weight is 338 g/mol. The molecule has 0 bridgehead atoms. The predicted molar refractivity (Wildman–Crippen MR) is 101 cm³/mol. The lowest BCUT2D eigenvalue weighted by Crippen LogP contribution is -2.63. The monoisotopic (exact) mass is 338 g/mol.